The quantitative estimate of drug-likeness (QED) is 0.514. The predicted molar refractivity (Wildman–Crippen MR) is 120 cm³/mol. The van der Waals surface area contributed by atoms with Gasteiger partial charge >= 0.3 is 0 Å². The Kier molecular flexibility index (Phi) is 4.93. The molecule has 1 aliphatic heterocycles. The van der Waals surface area contributed by atoms with Crippen LogP contribution in [-0.2, 0) is 19.5 Å². The van der Waals surface area contributed by atoms with Crippen LogP contribution < -0.4 is 0 Å². The summed E-state index contributed by atoms with van der Waals surface area (Å²) in [5.74, 6) is 1.08. The smallest absolute Gasteiger partial charge is 0.126 e. The van der Waals surface area contributed by atoms with Crippen LogP contribution in [0, 0.1) is 6.92 Å². The Bertz CT molecular complexity index is 1200. The molecule has 1 aromatic heterocycles. The normalized spacial score (nSPS) is 14.4. The third-order valence-corrected chi connectivity index (χ3v) is 5.89. The first kappa shape index (κ1) is 18.8. The summed E-state index contributed by atoms with van der Waals surface area (Å²) in [4.78, 5) is 12.1. The molecule has 4 aromatic rings. The van der Waals surface area contributed by atoms with Crippen molar-refractivity contribution in [2.45, 2.75) is 32.9 Å². The fraction of sp³-hybridized carbons (Fsp3) is 0.231. The van der Waals surface area contributed by atoms with Gasteiger partial charge in [0.2, 0.25) is 0 Å². The number of phenols is 1. The summed E-state index contributed by atoms with van der Waals surface area (Å²) in [5, 5.41) is 12.3. The first-order valence-electron chi connectivity index (χ1n) is 10.5. The number of benzene rings is 3. The van der Waals surface area contributed by atoms with Crippen LogP contribution in [0.3, 0.4) is 0 Å². The van der Waals surface area contributed by atoms with E-state index in [2.05, 4.69) is 47.4 Å². The minimum absolute atomic E-state index is 0.271. The number of hydrogen-bond acceptors (Lipinski definition) is 4. The van der Waals surface area contributed by atoms with Crippen molar-refractivity contribution in [3.8, 4) is 17.0 Å². The number of aryl methyl sites for hydroxylation is 2. The molecular weight excluding hydrogens is 370 g/mol. The molecule has 30 heavy (non-hydrogen) atoms. The highest BCUT2D eigenvalue weighted by molar-refractivity contribution is 5.85. The van der Waals surface area contributed by atoms with Gasteiger partial charge in [0, 0.05) is 29.9 Å². The molecule has 150 valence electrons. The second-order valence-electron chi connectivity index (χ2n) is 8.04. The molecule has 3 aromatic carbocycles. The van der Waals surface area contributed by atoms with Gasteiger partial charge in [-0.2, -0.15) is 0 Å². The summed E-state index contributed by atoms with van der Waals surface area (Å²) < 4.78 is 0. The van der Waals surface area contributed by atoms with Gasteiger partial charge in [0.15, 0.2) is 0 Å². The molecule has 0 unspecified atom stereocenters. The average molecular weight is 396 g/mol. The topological polar surface area (TPSA) is 49.3 Å². The molecular formula is C26H25N3O. The highest BCUT2D eigenvalue weighted by atomic mass is 16.3. The minimum Gasteiger partial charge on any atom is -0.508 e. The van der Waals surface area contributed by atoms with Gasteiger partial charge in [-0.05, 0) is 66.9 Å². The standard InChI is InChI=1S/C26H25N3O/c1-18-27-25-10-5-15-29(16-21-8-4-7-19-6-2-3-9-23(19)21)17-24(25)26(28-18)20-11-13-22(30)14-12-20/h2-4,6-9,11-14,30H,5,10,15-17H2,1H3. The Hall–Kier alpha value is -3.24. The van der Waals surface area contributed by atoms with Crippen LogP contribution in [0.25, 0.3) is 22.0 Å². The molecule has 0 atom stereocenters. The van der Waals surface area contributed by atoms with E-state index in [0.717, 1.165) is 55.3 Å². The zero-order valence-electron chi connectivity index (χ0n) is 17.2. The molecule has 4 heteroatoms. The SMILES string of the molecule is Cc1nc2c(c(-c3ccc(O)cc3)n1)CN(Cc1cccc3ccccc13)CCC2. The summed E-state index contributed by atoms with van der Waals surface area (Å²) in [7, 11) is 0. The van der Waals surface area contributed by atoms with Gasteiger partial charge in [0.1, 0.15) is 11.6 Å². The van der Waals surface area contributed by atoms with E-state index >= 15 is 0 Å². The highest BCUT2D eigenvalue weighted by Crippen LogP contribution is 2.30. The molecule has 0 aliphatic carbocycles. The number of fused-ring (bicyclic) bond motifs is 2. The van der Waals surface area contributed by atoms with Gasteiger partial charge in [-0.15, -0.1) is 0 Å². The van der Waals surface area contributed by atoms with Gasteiger partial charge in [-0.25, -0.2) is 9.97 Å². The third-order valence-electron chi connectivity index (χ3n) is 5.89. The summed E-state index contributed by atoms with van der Waals surface area (Å²) in [6.45, 7) is 4.73. The lowest BCUT2D eigenvalue weighted by Gasteiger charge is -2.22. The largest absolute Gasteiger partial charge is 0.508 e. The molecule has 4 nitrogen and oxygen atoms in total. The molecule has 5 rings (SSSR count). The van der Waals surface area contributed by atoms with E-state index < -0.39 is 0 Å². The maximum absolute atomic E-state index is 9.69. The van der Waals surface area contributed by atoms with Gasteiger partial charge in [-0.1, -0.05) is 42.5 Å². The van der Waals surface area contributed by atoms with E-state index in [9.17, 15) is 5.11 Å². The Balaban J connectivity index is 1.52. The zero-order chi connectivity index (χ0) is 20.5. The second-order valence-corrected chi connectivity index (χ2v) is 8.04. The summed E-state index contributed by atoms with van der Waals surface area (Å²) in [6.07, 6.45) is 2.05. The van der Waals surface area contributed by atoms with Gasteiger partial charge < -0.3 is 5.11 Å². The van der Waals surface area contributed by atoms with Crippen molar-refractivity contribution in [2.24, 2.45) is 0 Å². The Labute approximate surface area is 176 Å². The minimum atomic E-state index is 0.271. The highest BCUT2D eigenvalue weighted by Gasteiger charge is 2.21. The second kappa shape index (κ2) is 7.88. The Morgan fingerprint density at radius 3 is 2.60 bits per heavy atom. The molecule has 0 radical (unpaired) electrons. The van der Waals surface area contributed by atoms with E-state index in [1.807, 2.05) is 19.1 Å². The predicted octanol–water partition coefficient (Wildman–Crippen LogP) is 5.26. The fourth-order valence-electron chi connectivity index (χ4n) is 4.46. The monoisotopic (exact) mass is 395 g/mol. The van der Waals surface area contributed by atoms with Crippen molar-refractivity contribution in [1.82, 2.24) is 14.9 Å². The molecule has 0 saturated carbocycles. The van der Waals surface area contributed by atoms with Crippen LogP contribution in [0.1, 0.15) is 29.1 Å². The van der Waals surface area contributed by atoms with Crippen LogP contribution in [0.2, 0.25) is 0 Å². The lowest BCUT2D eigenvalue weighted by molar-refractivity contribution is 0.262. The van der Waals surface area contributed by atoms with Crippen molar-refractivity contribution in [1.29, 1.82) is 0 Å². The molecule has 2 heterocycles. The van der Waals surface area contributed by atoms with Crippen LogP contribution >= 0.6 is 0 Å². The van der Waals surface area contributed by atoms with Crippen molar-refractivity contribution in [3.63, 3.8) is 0 Å². The van der Waals surface area contributed by atoms with Gasteiger partial charge in [0.05, 0.1) is 5.69 Å². The first-order valence-corrected chi connectivity index (χ1v) is 10.5. The summed E-state index contributed by atoms with van der Waals surface area (Å²) in [6, 6.07) is 22.5. The number of aromatic hydroxyl groups is 1. The maximum Gasteiger partial charge on any atom is 0.126 e. The molecule has 0 bridgehead atoms. The summed E-state index contributed by atoms with van der Waals surface area (Å²) in [5.41, 5.74) is 5.75. The Morgan fingerprint density at radius 2 is 1.73 bits per heavy atom. The first-order chi connectivity index (χ1) is 14.7. The van der Waals surface area contributed by atoms with Crippen molar-refractivity contribution < 1.29 is 5.11 Å². The fourth-order valence-corrected chi connectivity index (χ4v) is 4.46. The zero-order valence-corrected chi connectivity index (χ0v) is 17.2. The van der Waals surface area contributed by atoms with Crippen LogP contribution in [0.4, 0.5) is 0 Å². The third kappa shape index (κ3) is 3.66. The number of aromatic nitrogens is 2. The van der Waals surface area contributed by atoms with E-state index in [-0.39, 0.29) is 5.75 Å². The van der Waals surface area contributed by atoms with Gasteiger partial charge in [-0.3, -0.25) is 4.90 Å². The molecule has 1 aliphatic rings. The van der Waals surface area contributed by atoms with E-state index in [4.69, 9.17) is 9.97 Å². The average Bonchev–Trinajstić information content (AvgIpc) is 2.96. The molecule has 0 fully saturated rings. The molecule has 0 spiro atoms. The number of rotatable bonds is 3. The van der Waals surface area contributed by atoms with Crippen LogP contribution in [0.15, 0.2) is 66.7 Å². The lowest BCUT2D eigenvalue weighted by Crippen LogP contribution is -2.23. The van der Waals surface area contributed by atoms with Crippen LogP contribution in [0.5, 0.6) is 5.75 Å². The number of phenolic OH excluding ortho intramolecular Hbond substituents is 1. The molecule has 0 saturated heterocycles. The van der Waals surface area contributed by atoms with Gasteiger partial charge in [0.25, 0.3) is 0 Å². The summed E-state index contributed by atoms with van der Waals surface area (Å²) >= 11 is 0. The van der Waals surface area contributed by atoms with Crippen molar-refractivity contribution in [3.05, 3.63) is 89.4 Å². The van der Waals surface area contributed by atoms with Crippen molar-refractivity contribution in [2.75, 3.05) is 6.54 Å². The lowest BCUT2D eigenvalue weighted by atomic mass is 10.0. The van der Waals surface area contributed by atoms with Crippen molar-refractivity contribution >= 4 is 10.8 Å². The van der Waals surface area contributed by atoms with E-state index in [1.165, 1.54) is 21.9 Å². The number of nitrogens with zero attached hydrogens (tertiary/aromatic N) is 3. The molecule has 0 amide bonds. The Morgan fingerprint density at radius 1 is 0.933 bits per heavy atom. The van der Waals surface area contributed by atoms with Crippen LogP contribution in [-0.4, -0.2) is 26.5 Å². The maximum atomic E-state index is 9.69. The van der Waals surface area contributed by atoms with E-state index in [1.54, 1.807) is 12.1 Å². The molecule has 1 N–H and O–H groups in total. The number of hydrogen-bond donors (Lipinski definition) is 1. The van der Waals surface area contributed by atoms with E-state index in [0.29, 0.717) is 0 Å².